The first kappa shape index (κ1) is 15.1. The number of nitrogens with zero attached hydrogens (tertiary/aromatic N) is 1. The lowest BCUT2D eigenvalue weighted by Crippen LogP contribution is -2.25. The van der Waals surface area contributed by atoms with Crippen molar-refractivity contribution in [3.05, 3.63) is 17.9 Å². The van der Waals surface area contributed by atoms with E-state index in [0.29, 0.717) is 16.3 Å². The summed E-state index contributed by atoms with van der Waals surface area (Å²) in [5.74, 6) is 1.10. The summed E-state index contributed by atoms with van der Waals surface area (Å²) >= 11 is 1.49. The fraction of sp³-hybridized carbons (Fsp3) is 0.538. The number of hydrogen-bond acceptors (Lipinski definition) is 4. The minimum atomic E-state index is -0.280. The summed E-state index contributed by atoms with van der Waals surface area (Å²) in [5, 5.41) is 0. The molecule has 3 nitrogen and oxygen atoms in total. The Balaban J connectivity index is 2.61. The van der Waals surface area contributed by atoms with Crippen LogP contribution in [-0.4, -0.2) is 37.4 Å². The number of nitrogen functional groups attached to an aromatic ring is 1. The van der Waals surface area contributed by atoms with Gasteiger partial charge in [-0.3, -0.25) is 0 Å². The lowest BCUT2D eigenvalue weighted by molar-refractivity contribution is 0.324. The summed E-state index contributed by atoms with van der Waals surface area (Å²) in [6.07, 6.45) is 0. The van der Waals surface area contributed by atoms with Gasteiger partial charge >= 0.3 is 0 Å². The average molecular weight is 272 g/mol. The molecule has 0 saturated heterocycles. The van der Waals surface area contributed by atoms with Crippen LogP contribution in [0.15, 0.2) is 17.0 Å². The Morgan fingerprint density at radius 2 is 2.00 bits per heavy atom. The highest BCUT2D eigenvalue weighted by molar-refractivity contribution is 7.99. The summed E-state index contributed by atoms with van der Waals surface area (Å²) in [5.41, 5.74) is 5.97. The van der Waals surface area contributed by atoms with Crippen LogP contribution in [-0.2, 0) is 0 Å². The van der Waals surface area contributed by atoms with Gasteiger partial charge in [-0.1, -0.05) is 13.8 Å². The predicted molar refractivity (Wildman–Crippen MR) is 75.9 cm³/mol. The van der Waals surface area contributed by atoms with Crippen LogP contribution in [0.5, 0.6) is 5.75 Å². The molecule has 102 valence electrons. The summed E-state index contributed by atoms with van der Waals surface area (Å²) in [6, 6.07) is 2.98. The monoisotopic (exact) mass is 272 g/mol. The molecule has 1 aromatic rings. The maximum atomic E-state index is 13.7. The maximum absolute atomic E-state index is 13.7. The van der Waals surface area contributed by atoms with E-state index in [2.05, 4.69) is 18.7 Å². The van der Waals surface area contributed by atoms with Crippen molar-refractivity contribution in [1.82, 2.24) is 4.90 Å². The highest BCUT2D eigenvalue weighted by atomic mass is 32.2. The number of nitrogens with two attached hydrogens (primary N) is 1. The first-order chi connectivity index (χ1) is 8.62. The van der Waals surface area contributed by atoms with E-state index in [4.69, 9.17) is 10.5 Å². The van der Waals surface area contributed by atoms with Crippen molar-refractivity contribution in [1.29, 1.82) is 0 Å². The zero-order chi connectivity index (χ0) is 13.5. The highest BCUT2D eigenvalue weighted by Crippen LogP contribution is 2.31. The lowest BCUT2D eigenvalue weighted by Gasteiger charge is -2.17. The van der Waals surface area contributed by atoms with Gasteiger partial charge in [-0.05, 0) is 19.2 Å². The molecule has 0 saturated carbocycles. The van der Waals surface area contributed by atoms with Crippen molar-refractivity contribution in [2.45, 2.75) is 18.7 Å². The number of hydrogen-bond donors (Lipinski definition) is 1. The number of benzene rings is 1. The van der Waals surface area contributed by atoms with Crippen LogP contribution in [0.1, 0.15) is 13.8 Å². The second-order valence-electron chi connectivity index (χ2n) is 3.90. The molecule has 0 radical (unpaired) electrons. The molecule has 0 aliphatic carbocycles. The second kappa shape index (κ2) is 7.48. The molecule has 0 spiro atoms. The van der Waals surface area contributed by atoms with Crippen molar-refractivity contribution in [2.24, 2.45) is 0 Å². The molecule has 0 heterocycles. The minimum Gasteiger partial charge on any atom is -0.495 e. The summed E-state index contributed by atoms with van der Waals surface area (Å²) in [6.45, 7) is 7.24. The number of methoxy groups -OCH3 is 1. The Labute approximate surface area is 112 Å². The minimum absolute atomic E-state index is 0.280. The fourth-order valence-electron chi connectivity index (χ4n) is 1.66. The number of ether oxygens (including phenoxy) is 1. The van der Waals surface area contributed by atoms with Gasteiger partial charge in [-0.2, -0.15) is 0 Å². The van der Waals surface area contributed by atoms with Crippen molar-refractivity contribution in [2.75, 3.05) is 38.2 Å². The van der Waals surface area contributed by atoms with Crippen LogP contribution < -0.4 is 10.5 Å². The molecule has 2 N–H and O–H groups in total. The molecule has 0 fully saturated rings. The summed E-state index contributed by atoms with van der Waals surface area (Å²) in [7, 11) is 1.54. The van der Waals surface area contributed by atoms with E-state index >= 15 is 0 Å². The molecule has 5 heteroatoms. The molecule has 1 rings (SSSR count). The van der Waals surface area contributed by atoms with Crippen molar-refractivity contribution < 1.29 is 9.13 Å². The summed E-state index contributed by atoms with van der Waals surface area (Å²) in [4.78, 5) is 2.90. The van der Waals surface area contributed by atoms with Crippen LogP contribution in [0.4, 0.5) is 10.1 Å². The van der Waals surface area contributed by atoms with Crippen LogP contribution in [0.3, 0.4) is 0 Å². The van der Waals surface area contributed by atoms with Crippen LogP contribution in [0.25, 0.3) is 0 Å². The van der Waals surface area contributed by atoms with Gasteiger partial charge in [-0.25, -0.2) is 4.39 Å². The number of anilines is 1. The van der Waals surface area contributed by atoms with E-state index in [0.717, 1.165) is 25.4 Å². The standard InChI is InChI=1S/C13H21FN2OS/c1-4-16(5-2)6-7-18-13-9-12(17-3)11(15)8-10(13)14/h8-9H,4-7,15H2,1-3H3. The Bertz CT molecular complexity index is 383. The lowest BCUT2D eigenvalue weighted by atomic mass is 10.3. The zero-order valence-corrected chi connectivity index (χ0v) is 12.0. The molecule has 18 heavy (non-hydrogen) atoms. The van der Waals surface area contributed by atoms with Gasteiger partial charge in [0.25, 0.3) is 0 Å². The van der Waals surface area contributed by atoms with E-state index in [1.54, 1.807) is 6.07 Å². The highest BCUT2D eigenvalue weighted by Gasteiger charge is 2.09. The number of thioether (sulfide) groups is 1. The van der Waals surface area contributed by atoms with E-state index < -0.39 is 0 Å². The van der Waals surface area contributed by atoms with Gasteiger partial charge in [0.2, 0.25) is 0 Å². The SMILES string of the molecule is CCN(CC)CCSc1cc(OC)c(N)cc1F. The Kier molecular flexibility index (Phi) is 6.29. The number of rotatable bonds is 7. The molecule has 0 aromatic heterocycles. The van der Waals surface area contributed by atoms with E-state index in [9.17, 15) is 4.39 Å². The van der Waals surface area contributed by atoms with Gasteiger partial charge < -0.3 is 15.4 Å². The molecular weight excluding hydrogens is 251 g/mol. The third-order valence-corrected chi connectivity index (χ3v) is 3.85. The smallest absolute Gasteiger partial charge is 0.143 e. The van der Waals surface area contributed by atoms with Crippen LogP contribution in [0, 0.1) is 5.82 Å². The topological polar surface area (TPSA) is 38.5 Å². The molecule has 0 bridgehead atoms. The van der Waals surface area contributed by atoms with E-state index in [1.807, 2.05) is 0 Å². The Morgan fingerprint density at radius 3 is 2.56 bits per heavy atom. The maximum Gasteiger partial charge on any atom is 0.143 e. The van der Waals surface area contributed by atoms with Gasteiger partial charge in [0, 0.05) is 23.3 Å². The molecular formula is C13H21FN2OS. The fourth-order valence-corrected chi connectivity index (χ4v) is 2.62. The van der Waals surface area contributed by atoms with E-state index in [-0.39, 0.29) is 5.82 Å². The largest absolute Gasteiger partial charge is 0.495 e. The second-order valence-corrected chi connectivity index (χ2v) is 5.04. The molecule has 0 amide bonds. The van der Waals surface area contributed by atoms with Gasteiger partial charge in [0.1, 0.15) is 11.6 Å². The Hall–Kier alpha value is -0.940. The van der Waals surface area contributed by atoms with Gasteiger partial charge in [-0.15, -0.1) is 11.8 Å². The molecule has 0 unspecified atom stereocenters. The number of halogens is 1. The third kappa shape index (κ3) is 4.07. The normalized spacial score (nSPS) is 10.9. The van der Waals surface area contributed by atoms with Crippen molar-refractivity contribution in [3.63, 3.8) is 0 Å². The first-order valence-corrected chi connectivity index (χ1v) is 7.09. The first-order valence-electron chi connectivity index (χ1n) is 6.10. The van der Waals surface area contributed by atoms with Gasteiger partial charge in [0.15, 0.2) is 0 Å². The average Bonchev–Trinajstić information content (AvgIpc) is 2.37. The van der Waals surface area contributed by atoms with Crippen LogP contribution >= 0.6 is 11.8 Å². The molecule has 1 aromatic carbocycles. The Morgan fingerprint density at radius 1 is 1.33 bits per heavy atom. The molecule has 0 aliphatic rings. The zero-order valence-electron chi connectivity index (χ0n) is 11.2. The predicted octanol–water partition coefficient (Wildman–Crippen LogP) is 2.85. The molecule has 0 atom stereocenters. The molecule has 0 aliphatic heterocycles. The van der Waals surface area contributed by atoms with Gasteiger partial charge in [0.05, 0.1) is 12.8 Å². The summed E-state index contributed by atoms with van der Waals surface area (Å²) < 4.78 is 18.8. The third-order valence-electron chi connectivity index (χ3n) is 2.84. The van der Waals surface area contributed by atoms with Crippen molar-refractivity contribution in [3.8, 4) is 5.75 Å². The van der Waals surface area contributed by atoms with Crippen LogP contribution in [0.2, 0.25) is 0 Å². The van der Waals surface area contributed by atoms with Crippen molar-refractivity contribution >= 4 is 17.4 Å². The quantitative estimate of drug-likeness (QED) is 0.612. The van der Waals surface area contributed by atoms with E-state index in [1.165, 1.54) is 24.9 Å².